The first-order valence-electron chi connectivity index (χ1n) is 7.09. The van der Waals surface area contributed by atoms with Crippen LogP contribution in [0.3, 0.4) is 0 Å². The maximum Gasteiger partial charge on any atom is 0.242 e. The summed E-state index contributed by atoms with van der Waals surface area (Å²) in [5, 5.41) is 7.04. The topological polar surface area (TPSA) is 53.5 Å². The Hall–Kier alpha value is -0.710. The molecule has 0 spiro atoms. The highest BCUT2D eigenvalue weighted by molar-refractivity contribution is 8.13. The Labute approximate surface area is 121 Å². The van der Waals surface area contributed by atoms with Crippen molar-refractivity contribution < 1.29 is 4.79 Å². The maximum atomic E-state index is 11.8. The second-order valence-corrected chi connectivity index (χ2v) is 7.19. The largest absolute Gasteiger partial charge is 0.354 e. The van der Waals surface area contributed by atoms with E-state index in [9.17, 15) is 4.79 Å². The second-order valence-electron chi connectivity index (χ2n) is 6.11. The molecule has 0 saturated carbocycles. The first kappa shape index (κ1) is 16.3. The van der Waals surface area contributed by atoms with Gasteiger partial charge in [-0.05, 0) is 25.2 Å². The van der Waals surface area contributed by atoms with Gasteiger partial charge in [-0.3, -0.25) is 9.79 Å². The highest BCUT2D eigenvalue weighted by Crippen LogP contribution is 2.30. The zero-order valence-corrected chi connectivity index (χ0v) is 13.6. The minimum Gasteiger partial charge on any atom is -0.354 e. The Morgan fingerprint density at radius 2 is 2.21 bits per heavy atom. The molecule has 0 saturated heterocycles. The number of rotatable bonds is 4. The molecule has 0 radical (unpaired) electrons. The predicted octanol–water partition coefficient (Wildman–Crippen LogP) is 2.40. The molecular formula is C14H27N3OS. The van der Waals surface area contributed by atoms with Crippen LogP contribution in [0, 0.1) is 5.41 Å². The lowest BCUT2D eigenvalue weighted by atomic mass is 9.85. The van der Waals surface area contributed by atoms with Crippen LogP contribution in [0.2, 0.25) is 0 Å². The average Bonchev–Trinajstić information content (AvgIpc) is 2.35. The number of hydrogen-bond acceptors (Lipinski definition) is 4. The molecule has 0 bridgehead atoms. The van der Waals surface area contributed by atoms with Crippen LogP contribution in [0.15, 0.2) is 4.99 Å². The smallest absolute Gasteiger partial charge is 0.242 e. The highest BCUT2D eigenvalue weighted by atomic mass is 32.2. The van der Waals surface area contributed by atoms with E-state index in [2.05, 4.69) is 31.4 Å². The molecule has 110 valence electrons. The quantitative estimate of drug-likeness (QED) is 0.834. The molecule has 1 aliphatic rings. The van der Waals surface area contributed by atoms with Crippen LogP contribution >= 0.6 is 11.8 Å². The Morgan fingerprint density at radius 3 is 2.79 bits per heavy atom. The maximum absolute atomic E-state index is 11.8. The third-order valence-electron chi connectivity index (χ3n) is 3.19. The normalized spacial score (nSPS) is 21.5. The monoisotopic (exact) mass is 285 g/mol. The molecule has 2 atom stereocenters. The Kier molecular flexibility index (Phi) is 6.17. The molecule has 0 aromatic heterocycles. The molecule has 1 aliphatic heterocycles. The van der Waals surface area contributed by atoms with Crippen molar-refractivity contribution in [2.75, 3.05) is 12.3 Å². The molecule has 0 aliphatic carbocycles. The minimum absolute atomic E-state index is 0.0445. The van der Waals surface area contributed by atoms with Crippen LogP contribution in [-0.2, 0) is 4.79 Å². The van der Waals surface area contributed by atoms with E-state index in [1.165, 1.54) is 0 Å². The van der Waals surface area contributed by atoms with E-state index in [4.69, 9.17) is 4.99 Å². The van der Waals surface area contributed by atoms with Crippen LogP contribution in [0.1, 0.15) is 47.5 Å². The van der Waals surface area contributed by atoms with Crippen LogP contribution in [0.5, 0.6) is 0 Å². The molecule has 19 heavy (non-hydrogen) atoms. The van der Waals surface area contributed by atoms with Gasteiger partial charge in [0.15, 0.2) is 5.17 Å². The number of amides is 1. The molecule has 0 aromatic carbocycles. The van der Waals surface area contributed by atoms with Gasteiger partial charge >= 0.3 is 0 Å². The van der Waals surface area contributed by atoms with Gasteiger partial charge in [-0.25, -0.2) is 0 Å². The number of carbonyl (C=O) groups is 1. The van der Waals surface area contributed by atoms with E-state index in [0.29, 0.717) is 6.04 Å². The third kappa shape index (κ3) is 5.43. The van der Waals surface area contributed by atoms with Crippen LogP contribution < -0.4 is 10.6 Å². The van der Waals surface area contributed by atoms with E-state index < -0.39 is 0 Å². The Morgan fingerprint density at radius 1 is 1.53 bits per heavy atom. The molecule has 0 aromatic rings. The van der Waals surface area contributed by atoms with Crippen LogP contribution in [0.4, 0.5) is 0 Å². The molecular weight excluding hydrogens is 258 g/mol. The summed E-state index contributed by atoms with van der Waals surface area (Å²) in [6.45, 7) is 11.3. The Balaban J connectivity index is 2.56. The van der Waals surface area contributed by atoms with Crippen molar-refractivity contribution in [2.45, 2.75) is 59.5 Å². The van der Waals surface area contributed by atoms with Gasteiger partial charge in [-0.15, -0.1) is 0 Å². The molecule has 2 N–H and O–H groups in total. The van der Waals surface area contributed by atoms with Crippen molar-refractivity contribution in [1.29, 1.82) is 0 Å². The number of carbonyl (C=O) groups excluding carboxylic acids is 1. The molecule has 0 fully saturated rings. The van der Waals surface area contributed by atoms with E-state index in [0.717, 1.165) is 30.3 Å². The SMILES string of the molecule is CCCNC(=O)C(C)NC1=NC(C(C)(C)C)CCS1. The van der Waals surface area contributed by atoms with Gasteiger partial charge in [0.05, 0.1) is 6.04 Å². The number of nitrogens with one attached hydrogen (secondary N) is 2. The molecule has 1 rings (SSSR count). The zero-order valence-electron chi connectivity index (χ0n) is 12.7. The van der Waals surface area contributed by atoms with Gasteiger partial charge in [-0.2, -0.15) is 0 Å². The first-order valence-corrected chi connectivity index (χ1v) is 8.08. The molecule has 2 unspecified atom stereocenters. The van der Waals surface area contributed by atoms with Gasteiger partial charge in [0.1, 0.15) is 6.04 Å². The first-order chi connectivity index (χ1) is 8.84. The number of aliphatic imine (C=N–C) groups is 1. The fourth-order valence-electron chi connectivity index (χ4n) is 1.87. The number of hydrogen-bond donors (Lipinski definition) is 2. The molecule has 5 heteroatoms. The van der Waals surface area contributed by atoms with Crippen molar-refractivity contribution in [3.8, 4) is 0 Å². The lowest BCUT2D eigenvalue weighted by Crippen LogP contribution is -2.45. The fraction of sp³-hybridized carbons (Fsp3) is 0.857. The third-order valence-corrected chi connectivity index (χ3v) is 4.12. The summed E-state index contributed by atoms with van der Waals surface area (Å²) in [6, 6.07) is 0.110. The standard InChI is InChI=1S/C14H27N3OS/c1-6-8-15-12(18)10(2)16-13-17-11(7-9-19-13)14(3,4)5/h10-11H,6-9H2,1-5H3,(H,15,18)(H,16,17). The van der Waals surface area contributed by atoms with E-state index in [-0.39, 0.29) is 17.4 Å². The number of amidine groups is 1. The van der Waals surface area contributed by atoms with Gasteiger partial charge < -0.3 is 10.6 Å². The van der Waals surface area contributed by atoms with E-state index >= 15 is 0 Å². The Bertz CT molecular complexity index is 336. The summed E-state index contributed by atoms with van der Waals surface area (Å²) in [4.78, 5) is 16.6. The van der Waals surface area contributed by atoms with Crippen molar-refractivity contribution >= 4 is 22.8 Å². The van der Waals surface area contributed by atoms with Crippen molar-refractivity contribution in [3.63, 3.8) is 0 Å². The fourth-order valence-corrected chi connectivity index (χ4v) is 2.86. The molecule has 4 nitrogen and oxygen atoms in total. The van der Waals surface area contributed by atoms with Crippen molar-refractivity contribution in [2.24, 2.45) is 10.4 Å². The summed E-state index contributed by atoms with van der Waals surface area (Å²) in [5.74, 6) is 1.11. The van der Waals surface area contributed by atoms with E-state index in [1.807, 2.05) is 13.8 Å². The van der Waals surface area contributed by atoms with Gasteiger partial charge in [0.2, 0.25) is 5.91 Å². The van der Waals surface area contributed by atoms with Crippen molar-refractivity contribution in [3.05, 3.63) is 0 Å². The summed E-state index contributed by atoms with van der Waals surface area (Å²) >= 11 is 1.71. The average molecular weight is 285 g/mol. The summed E-state index contributed by atoms with van der Waals surface area (Å²) in [7, 11) is 0. The highest BCUT2D eigenvalue weighted by Gasteiger charge is 2.28. The molecule has 1 amide bonds. The second kappa shape index (κ2) is 7.17. The van der Waals surface area contributed by atoms with Gasteiger partial charge in [0.25, 0.3) is 0 Å². The lowest BCUT2D eigenvalue weighted by molar-refractivity contribution is -0.122. The molecule has 1 heterocycles. The van der Waals surface area contributed by atoms with Gasteiger partial charge in [0, 0.05) is 12.3 Å². The van der Waals surface area contributed by atoms with Crippen molar-refractivity contribution in [1.82, 2.24) is 10.6 Å². The van der Waals surface area contributed by atoms with E-state index in [1.54, 1.807) is 11.8 Å². The number of thioether (sulfide) groups is 1. The lowest BCUT2D eigenvalue weighted by Gasteiger charge is -2.31. The predicted molar refractivity (Wildman–Crippen MR) is 83.7 cm³/mol. The zero-order chi connectivity index (χ0) is 14.5. The summed E-state index contributed by atoms with van der Waals surface area (Å²) in [5.41, 5.74) is 0.182. The van der Waals surface area contributed by atoms with Gasteiger partial charge in [-0.1, -0.05) is 39.5 Å². The number of nitrogens with zero attached hydrogens (tertiary/aromatic N) is 1. The summed E-state index contributed by atoms with van der Waals surface area (Å²) in [6.07, 6.45) is 2.07. The summed E-state index contributed by atoms with van der Waals surface area (Å²) < 4.78 is 0. The van der Waals surface area contributed by atoms with Crippen LogP contribution in [0.25, 0.3) is 0 Å². The minimum atomic E-state index is -0.225. The van der Waals surface area contributed by atoms with Crippen LogP contribution in [-0.4, -0.2) is 35.5 Å².